The fraction of sp³-hybridized carbons (Fsp3) is 0.471. The molecule has 2 aromatic rings. The number of hydrogen-bond donors (Lipinski definition) is 1. The summed E-state index contributed by atoms with van der Waals surface area (Å²) in [7, 11) is 5.32. The van der Waals surface area contributed by atoms with Crippen molar-refractivity contribution in [2.75, 3.05) is 33.9 Å². The number of pyridine rings is 1. The molecule has 0 saturated carbocycles. The van der Waals surface area contributed by atoms with Crippen LogP contribution in [-0.4, -0.2) is 59.5 Å². The Bertz CT molecular complexity index is 729. The minimum Gasteiger partial charge on any atom is -0.481 e. The van der Waals surface area contributed by atoms with E-state index in [-0.39, 0.29) is 6.10 Å². The lowest BCUT2D eigenvalue weighted by atomic mass is 10.1. The Hall–Kier alpha value is -2.61. The van der Waals surface area contributed by atoms with Gasteiger partial charge in [-0.05, 0) is 6.07 Å². The molecule has 8 nitrogen and oxygen atoms in total. The van der Waals surface area contributed by atoms with Crippen LogP contribution in [0.25, 0.3) is 0 Å². The standard InChI is InChI=1S/C17H24N6O2/c1-18-17(20-9-13-5-4-6-19-16(13)24-3)23-7-8-25-15(12-23)14-10-21-22(2)11-14/h4-6,10-11,15H,7-9,12H2,1-3H3,(H,18,20). The van der Waals surface area contributed by atoms with E-state index < -0.39 is 0 Å². The maximum absolute atomic E-state index is 5.89. The number of nitrogens with zero attached hydrogens (tertiary/aromatic N) is 5. The van der Waals surface area contributed by atoms with Gasteiger partial charge < -0.3 is 19.7 Å². The van der Waals surface area contributed by atoms with Gasteiger partial charge in [-0.1, -0.05) is 6.07 Å². The molecule has 1 fully saturated rings. The molecule has 1 atom stereocenters. The van der Waals surface area contributed by atoms with Gasteiger partial charge in [-0.2, -0.15) is 5.10 Å². The monoisotopic (exact) mass is 344 g/mol. The number of aryl methyl sites for hydroxylation is 1. The molecule has 1 saturated heterocycles. The van der Waals surface area contributed by atoms with Crippen molar-refractivity contribution in [3.05, 3.63) is 41.9 Å². The summed E-state index contributed by atoms with van der Waals surface area (Å²) in [4.78, 5) is 10.8. The molecule has 0 amide bonds. The maximum atomic E-state index is 5.89. The number of guanidine groups is 1. The van der Waals surface area contributed by atoms with E-state index >= 15 is 0 Å². The number of nitrogens with one attached hydrogen (secondary N) is 1. The second-order valence-corrected chi connectivity index (χ2v) is 5.83. The van der Waals surface area contributed by atoms with Crippen LogP contribution in [0.2, 0.25) is 0 Å². The molecule has 0 aromatic carbocycles. The lowest BCUT2D eigenvalue weighted by molar-refractivity contribution is -0.00805. The first kappa shape index (κ1) is 17.2. The van der Waals surface area contributed by atoms with Crippen molar-refractivity contribution in [3.8, 4) is 5.88 Å². The van der Waals surface area contributed by atoms with Crippen molar-refractivity contribution in [3.63, 3.8) is 0 Å². The van der Waals surface area contributed by atoms with E-state index in [1.54, 1.807) is 25.0 Å². The number of hydrogen-bond acceptors (Lipinski definition) is 5. The molecule has 1 unspecified atom stereocenters. The Labute approximate surface area is 147 Å². The summed E-state index contributed by atoms with van der Waals surface area (Å²) < 4.78 is 13.0. The predicted molar refractivity (Wildman–Crippen MR) is 94.5 cm³/mol. The van der Waals surface area contributed by atoms with Crippen LogP contribution in [0.1, 0.15) is 17.2 Å². The van der Waals surface area contributed by atoms with Crippen molar-refractivity contribution in [2.45, 2.75) is 12.6 Å². The van der Waals surface area contributed by atoms with E-state index in [2.05, 4.69) is 25.3 Å². The zero-order chi connectivity index (χ0) is 17.6. The van der Waals surface area contributed by atoms with E-state index in [1.165, 1.54) is 0 Å². The van der Waals surface area contributed by atoms with Crippen molar-refractivity contribution in [1.29, 1.82) is 0 Å². The van der Waals surface area contributed by atoms with Crippen molar-refractivity contribution in [1.82, 2.24) is 25.0 Å². The maximum Gasteiger partial charge on any atom is 0.218 e. The Morgan fingerprint density at radius 3 is 3.12 bits per heavy atom. The van der Waals surface area contributed by atoms with Crippen LogP contribution in [-0.2, 0) is 18.3 Å². The summed E-state index contributed by atoms with van der Waals surface area (Å²) in [6.07, 6.45) is 5.56. The fourth-order valence-corrected chi connectivity index (χ4v) is 2.90. The van der Waals surface area contributed by atoms with Gasteiger partial charge in [0.25, 0.3) is 0 Å². The van der Waals surface area contributed by atoms with E-state index in [0.29, 0.717) is 19.0 Å². The van der Waals surface area contributed by atoms with E-state index in [9.17, 15) is 0 Å². The van der Waals surface area contributed by atoms with Crippen LogP contribution < -0.4 is 10.1 Å². The molecular formula is C17H24N6O2. The van der Waals surface area contributed by atoms with Crippen LogP contribution in [0.4, 0.5) is 0 Å². The Morgan fingerprint density at radius 1 is 1.52 bits per heavy atom. The summed E-state index contributed by atoms with van der Waals surface area (Å²) >= 11 is 0. The molecule has 1 N–H and O–H groups in total. The summed E-state index contributed by atoms with van der Waals surface area (Å²) in [6, 6.07) is 3.89. The number of aromatic nitrogens is 3. The second-order valence-electron chi connectivity index (χ2n) is 5.83. The van der Waals surface area contributed by atoms with Gasteiger partial charge in [0.15, 0.2) is 5.96 Å². The van der Waals surface area contributed by atoms with Gasteiger partial charge in [0, 0.05) is 50.7 Å². The van der Waals surface area contributed by atoms with Gasteiger partial charge in [-0.15, -0.1) is 0 Å². The number of ether oxygens (including phenoxy) is 2. The normalized spacial score (nSPS) is 18.3. The van der Waals surface area contributed by atoms with Crippen molar-refractivity contribution >= 4 is 5.96 Å². The molecule has 25 heavy (non-hydrogen) atoms. The van der Waals surface area contributed by atoms with Gasteiger partial charge in [-0.3, -0.25) is 9.67 Å². The molecule has 0 bridgehead atoms. The third kappa shape index (κ3) is 4.08. The predicted octanol–water partition coefficient (Wildman–Crippen LogP) is 0.973. The molecule has 3 heterocycles. The summed E-state index contributed by atoms with van der Waals surface area (Å²) in [5.41, 5.74) is 2.07. The third-order valence-electron chi connectivity index (χ3n) is 4.15. The number of methoxy groups -OCH3 is 1. The van der Waals surface area contributed by atoms with E-state index in [4.69, 9.17) is 9.47 Å². The largest absolute Gasteiger partial charge is 0.481 e. The highest BCUT2D eigenvalue weighted by atomic mass is 16.5. The third-order valence-corrected chi connectivity index (χ3v) is 4.15. The average molecular weight is 344 g/mol. The zero-order valence-electron chi connectivity index (χ0n) is 14.8. The molecule has 3 rings (SSSR count). The highest BCUT2D eigenvalue weighted by Crippen LogP contribution is 2.21. The van der Waals surface area contributed by atoms with Gasteiger partial charge >= 0.3 is 0 Å². The van der Waals surface area contributed by atoms with Gasteiger partial charge in [-0.25, -0.2) is 4.98 Å². The number of rotatable bonds is 4. The lowest BCUT2D eigenvalue weighted by Gasteiger charge is -2.34. The Kier molecular flexibility index (Phi) is 5.49. The van der Waals surface area contributed by atoms with Gasteiger partial charge in [0.05, 0.1) is 26.5 Å². The SMILES string of the molecule is CN=C(NCc1cccnc1OC)N1CCOC(c2cnn(C)c2)C1. The van der Waals surface area contributed by atoms with Crippen LogP contribution in [0.5, 0.6) is 5.88 Å². The minimum absolute atomic E-state index is 0.00562. The van der Waals surface area contributed by atoms with Gasteiger partial charge in [0.1, 0.15) is 6.10 Å². The molecule has 0 aliphatic carbocycles. The Morgan fingerprint density at radius 2 is 2.40 bits per heavy atom. The first-order valence-electron chi connectivity index (χ1n) is 8.25. The van der Waals surface area contributed by atoms with Crippen LogP contribution in [0.3, 0.4) is 0 Å². The molecule has 8 heteroatoms. The first-order valence-corrected chi connectivity index (χ1v) is 8.25. The van der Waals surface area contributed by atoms with Crippen LogP contribution in [0.15, 0.2) is 35.7 Å². The summed E-state index contributed by atoms with van der Waals surface area (Å²) in [5.74, 6) is 1.46. The van der Waals surface area contributed by atoms with E-state index in [0.717, 1.165) is 30.2 Å². The van der Waals surface area contributed by atoms with Crippen LogP contribution in [0, 0.1) is 0 Å². The molecular weight excluding hydrogens is 320 g/mol. The van der Waals surface area contributed by atoms with Crippen LogP contribution >= 0.6 is 0 Å². The van der Waals surface area contributed by atoms with Crippen molar-refractivity contribution < 1.29 is 9.47 Å². The molecule has 134 valence electrons. The molecule has 1 aliphatic heterocycles. The van der Waals surface area contributed by atoms with Crippen molar-refractivity contribution in [2.24, 2.45) is 12.0 Å². The fourth-order valence-electron chi connectivity index (χ4n) is 2.90. The smallest absolute Gasteiger partial charge is 0.218 e. The topological polar surface area (TPSA) is 76.8 Å². The molecule has 0 spiro atoms. The molecule has 2 aromatic heterocycles. The number of morpholine rings is 1. The zero-order valence-corrected chi connectivity index (χ0v) is 14.8. The molecule has 1 aliphatic rings. The lowest BCUT2D eigenvalue weighted by Crippen LogP contribution is -2.47. The quantitative estimate of drug-likeness (QED) is 0.658. The summed E-state index contributed by atoms with van der Waals surface area (Å²) in [5, 5.41) is 7.62. The first-order chi connectivity index (χ1) is 12.2. The Balaban J connectivity index is 1.64. The van der Waals surface area contributed by atoms with E-state index in [1.807, 2.05) is 31.6 Å². The summed E-state index contributed by atoms with van der Waals surface area (Å²) in [6.45, 7) is 2.77. The highest BCUT2D eigenvalue weighted by Gasteiger charge is 2.25. The van der Waals surface area contributed by atoms with Gasteiger partial charge in [0.2, 0.25) is 5.88 Å². The average Bonchev–Trinajstić information content (AvgIpc) is 3.09. The highest BCUT2D eigenvalue weighted by molar-refractivity contribution is 5.80. The minimum atomic E-state index is -0.00562. The second kappa shape index (κ2) is 7.98. The number of aliphatic imine (C=N–C) groups is 1. The molecule has 0 radical (unpaired) electrons.